The first-order valence-electron chi connectivity index (χ1n) is 9.98. The van der Waals surface area contributed by atoms with Gasteiger partial charge in [-0.15, -0.1) is 0 Å². The van der Waals surface area contributed by atoms with Crippen molar-refractivity contribution in [2.45, 2.75) is 51.1 Å². The van der Waals surface area contributed by atoms with Crippen LogP contribution in [0.1, 0.15) is 55.7 Å². The maximum atomic E-state index is 11.4. The van der Waals surface area contributed by atoms with E-state index < -0.39 is 0 Å². The maximum absolute atomic E-state index is 11.4. The van der Waals surface area contributed by atoms with Crippen molar-refractivity contribution in [3.05, 3.63) is 53.7 Å². The first-order valence-corrected chi connectivity index (χ1v) is 10.9. The molecule has 0 aliphatic heterocycles. The molecule has 6 heteroatoms. The fourth-order valence-electron chi connectivity index (χ4n) is 4.02. The van der Waals surface area contributed by atoms with Gasteiger partial charge in [-0.1, -0.05) is 47.1 Å². The third-order valence-corrected chi connectivity index (χ3v) is 5.92. The maximum Gasteiger partial charge on any atom is 0.308 e. The molecule has 152 valence electrons. The molecular formula is C23H25BrN2O3. The molecule has 0 N–H and O–H groups in total. The first kappa shape index (κ1) is 20.0. The van der Waals surface area contributed by atoms with Crippen molar-refractivity contribution in [2.75, 3.05) is 0 Å². The number of hydrogen-bond acceptors (Lipinski definition) is 4. The van der Waals surface area contributed by atoms with Crippen LogP contribution in [-0.2, 0) is 11.4 Å². The molecule has 1 unspecified atom stereocenters. The van der Waals surface area contributed by atoms with E-state index in [0.29, 0.717) is 24.1 Å². The van der Waals surface area contributed by atoms with Gasteiger partial charge in [0.25, 0.3) is 0 Å². The number of hydrogen-bond donors (Lipinski definition) is 0. The van der Waals surface area contributed by atoms with Crippen LogP contribution in [0.2, 0.25) is 0 Å². The lowest BCUT2D eigenvalue weighted by Crippen LogP contribution is -2.25. The molecule has 1 aromatic heterocycles. The van der Waals surface area contributed by atoms with Crippen LogP contribution in [0.15, 0.2) is 42.5 Å². The van der Waals surface area contributed by atoms with Crippen LogP contribution >= 0.6 is 15.9 Å². The number of carbonyl (C=O) groups is 1. The van der Waals surface area contributed by atoms with Crippen molar-refractivity contribution >= 4 is 32.8 Å². The first-order chi connectivity index (χ1) is 13.9. The van der Waals surface area contributed by atoms with Crippen molar-refractivity contribution in [3.63, 3.8) is 0 Å². The smallest absolute Gasteiger partial charge is 0.308 e. The lowest BCUT2D eigenvalue weighted by Gasteiger charge is -2.33. The zero-order valence-electron chi connectivity index (χ0n) is 16.9. The molecule has 3 aromatic rings. The topological polar surface area (TPSA) is 53.4 Å². The summed E-state index contributed by atoms with van der Waals surface area (Å²) in [5.41, 5.74) is 3.25. The van der Waals surface area contributed by atoms with E-state index in [0.717, 1.165) is 35.4 Å². The van der Waals surface area contributed by atoms with E-state index in [-0.39, 0.29) is 10.8 Å². The van der Waals surface area contributed by atoms with Crippen LogP contribution < -0.4 is 9.47 Å². The van der Waals surface area contributed by atoms with Crippen LogP contribution in [0.5, 0.6) is 11.5 Å². The molecule has 4 rings (SSSR count). The Morgan fingerprint density at radius 1 is 1.21 bits per heavy atom. The Labute approximate surface area is 179 Å². The van der Waals surface area contributed by atoms with Crippen molar-refractivity contribution in [2.24, 2.45) is 5.92 Å². The highest BCUT2D eigenvalue weighted by molar-refractivity contribution is 9.09. The minimum Gasteiger partial charge on any atom is -0.483 e. The number of halogens is 1. The summed E-state index contributed by atoms with van der Waals surface area (Å²) in [5.74, 6) is 1.33. The fraction of sp³-hybridized carbons (Fsp3) is 0.391. The van der Waals surface area contributed by atoms with Gasteiger partial charge in [-0.25, -0.2) is 0 Å². The standard InChI is InChI=1S/C23H25BrN2O3/c1-14-11-17(12-14)26-20-8-6-7-18(15(2)24)23(20)19(25-26)13-28-21-9-4-5-10-22(21)29-16(3)27/h4-10,14-15,17H,11-13H2,1-3H3. The Bertz CT molecular complexity index is 1040. The van der Waals surface area contributed by atoms with Crippen molar-refractivity contribution in [1.82, 2.24) is 9.78 Å². The Morgan fingerprint density at radius 3 is 2.59 bits per heavy atom. The number of fused-ring (bicyclic) bond motifs is 1. The number of ether oxygens (including phenoxy) is 2. The van der Waals surface area contributed by atoms with Crippen LogP contribution in [0.4, 0.5) is 0 Å². The number of esters is 1. The van der Waals surface area contributed by atoms with Crippen molar-refractivity contribution in [1.29, 1.82) is 0 Å². The van der Waals surface area contributed by atoms with Gasteiger partial charge in [0.05, 0.1) is 11.6 Å². The molecular weight excluding hydrogens is 432 g/mol. The molecule has 0 saturated heterocycles. The second-order valence-electron chi connectivity index (χ2n) is 7.81. The highest BCUT2D eigenvalue weighted by Gasteiger charge is 2.30. The largest absolute Gasteiger partial charge is 0.483 e. The predicted octanol–water partition coefficient (Wildman–Crippen LogP) is 5.97. The molecule has 0 radical (unpaired) electrons. The molecule has 0 amide bonds. The molecule has 29 heavy (non-hydrogen) atoms. The summed E-state index contributed by atoms with van der Waals surface area (Å²) in [6, 6.07) is 14.0. The summed E-state index contributed by atoms with van der Waals surface area (Å²) in [6.45, 7) is 6.10. The van der Waals surface area contributed by atoms with Gasteiger partial charge in [-0.2, -0.15) is 5.10 Å². The van der Waals surface area contributed by atoms with Gasteiger partial charge in [-0.05, 0) is 49.4 Å². The summed E-state index contributed by atoms with van der Waals surface area (Å²) in [6.07, 6.45) is 2.31. The number of carbonyl (C=O) groups excluding carboxylic acids is 1. The van der Waals surface area contributed by atoms with Crippen LogP contribution in [0.25, 0.3) is 10.9 Å². The van der Waals surface area contributed by atoms with Gasteiger partial charge in [0.1, 0.15) is 12.3 Å². The lowest BCUT2D eigenvalue weighted by molar-refractivity contribution is -0.132. The minimum absolute atomic E-state index is 0.205. The molecule has 0 spiro atoms. The van der Waals surface area contributed by atoms with Gasteiger partial charge in [0, 0.05) is 17.1 Å². The number of para-hydroxylation sites is 2. The molecule has 0 bridgehead atoms. The number of alkyl halides is 1. The van der Waals surface area contributed by atoms with E-state index in [1.54, 1.807) is 12.1 Å². The molecule has 2 aromatic carbocycles. The third-order valence-electron chi connectivity index (χ3n) is 5.43. The number of rotatable bonds is 6. The molecule has 5 nitrogen and oxygen atoms in total. The lowest BCUT2D eigenvalue weighted by atomic mass is 9.82. The van der Waals surface area contributed by atoms with E-state index in [4.69, 9.17) is 14.6 Å². The van der Waals surface area contributed by atoms with Crippen LogP contribution in [0.3, 0.4) is 0 Å². The molecule has 1 atom stereocenters. The fourth-order valence-corrected chi connectivity index (χ4v) is 4.40. The zero-order chi connectivity index (χ0) is 20.5. The summed E-state index contributed by atoms with van der Waals surface area (Å²) in [4.78, 5) is 11.6. The van der Waals surface area contributed by atoms with Crippen molar-refractivity contribution in [3.8, 4) is 11.5 Å². The second kappa shape index (κ2) is 8.19. The summed E-state index contributed by atoms with van der Waals surface area (Å²) < 4.78 is 13.5. The zero-order valence-corrected chi connectivity index (χ0v) is 18.5. The van der Waals surface area contributed by atoms with Gasteiger partial charge in [0.15, 0.2) is 11.5 Å². The SMILES string of the molecule is CC(=O)Oc1ccccc1OCc1nn(C2CC(C)C2)c2cccc(C(C)Br)c12. The highest BCUT2D eigenvalue weighted by atomic mass is 79.9. The summed E-state index contributed by atoms with van der Waals surface area (Å²) in [5, 5.41) is 6.10. The van der Waals surface area contributed by atoms with Gasteiger partial charge >= 0.3 is 5.97 Å². The molecule has 1 aliphatic carbocycles. The van der Waals surface area contributed by atoms with Crippen LogP contribution in [-0.4, -0.2) is 15.7 Å². The number of nitrogens with zero attached hydrogens (tertiary/aromatic N) is 2. The van der Waals surface area contributed by atoms with Crippen molar-refractivity contribution < 1.29 is 14.3 Å². The third kappa shape index (κ3) is 4.04. The molecule has 1 aliphatic rings. The monoisotopic (exact) mass is 456 g/mol. The average molecular weight is 457 g/mol. The van der Waals surface area contributed by atoms with Crippen LogP contribution in [0, 0.1) is 5.92 Å². The average Bonchev–Trinajstić information content (AvgIpc) is 3.02. The van der Waals surface area contributed by atoms with E-state index in [2.05, 4.69) is 52.7 Å². The molecule has 1 fully saturated rings. The number of aromatic nitrogens is 2. The predicted molar refractivity (Wildman–Crippen MR) is 117 cm³/mol. The quantitative estimate of drug-likeness (QED) is 0.260. The summed E-state index contributed by atoms with van der Waals surface area (Å²) >= 11 is 3.72. The van der Waals surface area contributed by atoms with E-state index in [1.165, 1.54) is 12.5 Å². The van der Waals surface area contributed by atoms with Gasteiger partial charge < -0.3 is 9.47 Å². The number of benzene rings is 2. The van der Waals surface area contributed by atoms with E-state index >= 15 is 0 Å². The molecule has 1 heterocycles. The van der Waals surface area contributed by atoms with Gasteiger partial charge in [0.2, 0.25) is 0 Å². The second-order valence-corrected chi connectivity index (χ2v) is 9.18. The molecule has 1 saturated carbocycles. The Morgan fingerprint density at radius 2 is 1.93 bits per heavy atom. The Kier molecular flexibility index (Phi) is 5.63. The Balaban J connectivity index is 1.69. The van der Waals surface area contributed by atoms with Gasteiger partial charge in [-0.3, -0.25) is 9.48 Å². The van der Waals surface area contributed by atoms with E-state index in [9.17, 15) is 4.79 Å². The Hall–Kier alpha value is -2.34. The van der Waals surface area contributed by atoms with E-state index in [1.807, 2.05) is 12.1 Å². The normalized spacial score (nSPS) is 19.6. The highest BCUT2D eigenvalue weighted by Crippen LogP contribution is 2.41. The summed E-state index contributed by atoms with van der Waals surface area (Å²) in [7, 11) is 0. The minimum atomic E-state index is -0.370.